The van der Waals surface area contributed by atoms with Crippen molar-refractivity contribution in [3.8, 4) is 0 Å². The van der Waals surface area contributed by atoms with Crippen LogP contribution in [-0.2, 0) is 18.1 Å². The molecule has 0 aliphatic rings. The van der Waals surface area contributed by atoms with Gasteiger partial charge in [-0.05, 0) is 24.3 Å². The van der Waals surface area contributed by atoms with Gasteiger partial charge in [0.1, 0.15) is 0 Å². The van der Waals surface area contributed by atoms with Crippen LogP contribution in [0.2, 0.25) is 0 Å². The number of hydrogen-bond acceptors (Lipinski definition) is 10. The highest BCUT2D eigenvalue weighted by atomic mass is 33.1. The minimum Gasteiger partial charge on any atom is -0.431 e. The van der Waals surface area contributed by atoms with E-state index in [4.69, 9.17) is 18.1 Å². The third kappa shape index (κ3) is 15.4. The summed E-state index contributed by atoms with van der Waals surface area (Å²) in [5.41, 5.74) is 0.696. The van der Waals surface area contributed by atoms with E-state index >= 15 is 0 Å². The lowest BCUT2D eigenvalue weighted by Gasteiger charge is -2.20. The third-order valence-corrected chi connectivity index (χ3v) is 18.9. The van der Waals surface area contributed by atoms with Gasteiger partial charge in [-0.1, -0.05) is 267 Å². The second-order valence-electron chi connectivity index (χ2n) is 16.5. The molecular weight excluding hydrogens is 1080 g/mol. The van der Waals surface area contributed by atoms with Gasteiger partial charge in [0.25, 0.3) is 0 Å². The van der Waals surface area contributed by atoms with Gasteiger partial charge in [0, 0.05) is 42.4 Å². The second-order valence-corrected chi connectivity index (χ2v) is 23.7. The van der Waals surface area contributed by atoms with E-state index in [9.17, 15) is 19.2 Å². The summed E-state index contributed by atoms with van der Waals surface area (Å²) < 4.78 is 24.4. The molecule has 0 radical (unpaired) electrons. The van der Waals surface area contributed by atoms with Crippen LogP contribution in [0.25, 0.3) is 0 Å². The zero-order valence-corrected chi connectivity index (χ0v) is 47.0. The molecule has 0 spiro atoms. The Morgan fingerprint density at radius 1 is 0.205 bits per heavy atom. The SMILES string of the molecule is O=C(OP(c1ccccc1)c1ccccc1)c1ccccc1C(=O)OP(c1ccccc1)c1ccccc1.O=C(OP(c1ccccc1)c1ccccc1)c1ccccc1C(=O)OP(c1ccccc1)c1ccccc1.SS. The van der Waals surface area contributed by atoms with Crippen molar-refractivity contribution in [1.29, 1.82) is 0 Å². The zero-order valence-electron chi connectivity index (χ0n) is 41.7. The molecular formula is C64H50O8P4S2. The molecule has 78 heavy (non-hydrogen) atoms. The number of rotatable bonds is 16. The molecule has 0 fully saturated rings. The fraction of sp³-hybridized carbons (Fsp3) is 0. The monoisotopic (exact) mass is 1130 g/mol. The van der Waals surface area contributed by atoms with Crippen molar-refractivity contribution in [2.75, 3.05) is 0 Å². The molecule has 0 N–H and O–H groups in total. The van der Waals surface area contributed by atoms with Crippen LogP contribution in [0.1, 0.15) is 41.4 Å². The van der Waals surface area contributed by atoms with Crippen LogP contribution in [0, 0.1) is 0 Å². The molecule has 0 unspecified atom stereocenters. The molecule has 0 amide bonds. The van der Waals surface area contributed by atoms with Crippen molar-refractivity contribution < 1.29 is 37.3 Å². The van der Waals surface area contributed by atoms with Crippen molar-refractivity contribution in [3.63, 3.8) is 0 Å². The van der Waals surface area contributed by atoms with E-state index in [0.717, 1.165) is 42.4 Å². The van der Waals surface area contributed by atoms with E-state index < -0.39 is 56.5 Å². The van der Waals surface area contributed by atoms with Gasteiger partial charge < -0.3 is 18.1 Å². The van der Waals surface area contributed by atoms with Crippen molar-refractivity contribution in [2.24, 2.45) is 0 Å². The van der Waals surface area contributed by atoms with Gasteiger partial charge in [-0.15, -0.1) is 23.3 Å². The molecule has 10 rings (SSSR count). The summed E-state index contributed by atoms with van der Waals surface area (Å²) >= 11 is 6.44. The van der Waals surface area contributed by atoms with Crippen molar-refractivity contribution in [3.05, 3.63) is 313 Å². The van der Waals surface area contributed by atoms with Crippen molar-refractivity contribution in [1.82, 2.24) is 0 Å². The van der Waals surface area contributed by atoms with Crippen LogP contribution >= 0.6 is 55.9 Å². The van der Waals surface area contributed by atoms with E-state index in [0.29, 0.717) is 0 Å². The summed E-state index contributed by atoms with van der Waals surface area (Å²) in [6, 6.07) is 90.5. The Hall–Kier alpha value is -7.50. The summed E-state index contributed by atoms with van der Waals surface area (Å²) in [4.78, 5) is 54.2. The first kappa shape index (κ1) is 56.7. The Labute approximate surface area is 470 Å². The highest BCUT2D eigenvalue weighted by molar-refractivity contribution is 8.59. The molecule has 386 valence electrons. The second kappa shape index (κ2) is 29.9. The molecule has 0 aliphatic heterocycles. The minimum atomic E-state index is -1.43. The van der Waals surface area contributed by atoms with Gasteiger partial charge in [-0.2, -0.15) is 0 Å². The Balaban J connectivity index is 0.000000200. The van der Waals surface area contributed by atoms with Crippen LogP contribution in [0.5, 0.6) is 0 Å². The van der Waals surface area contributed by atoms with Gasteiger partial charge in [-0.25, -0.2) is 19.2 Å². The summed E-state index contributed by atoms with van der Waals surface area (Å²) in [6.07, 6.45) is 0. The Morgan fingerprint density at radius 2 is 0.321 bits per heavy atom. The standard InChI is InChI=1S/2C32H24O4P2.H2S2/c2*33-31(35-37(25-15-5-1-6-16-25)26-17-7-2-8-18-26)29-23-13-14-24-30(29)32(34)36-38(27-19-9-3-10-20-27)28-21-11-4-12-22-28;1-2/h2*1-24H;1-2H. The number of carbonyl (C=O) groups excluding carboxylic acids is 4. The molecule has 10 aromatic rings. The molecule has 0 saturated carbocycles. The number of benzene rings is 10. The largest absolute Gasteiger partial charge is 0.431 e. The zero-order chi connectivity index (χ0) is 54.3. The molecule has 0 saturated heterocycles. The fourth-order valence-corrected chi connectivity index (χ4v) is 14.4. The van der Waals surface area contributed by atoms with E-state index in [1.165, 1.54) is 0 Å². The Bertz CT molecular complexity index is 2850. The summed E-state index contributed by atoms with van der Waals surface area (Å²) in [5, 5.41) is 7.21. The molecule has 14 heteroatoms. The minimum absolute atomic E-state index is 0.174. The van der Waals surface area contributed by atoms with Crippen LogP contribution < -0.4 is 42.4 Å². The molecule has 10 aromatic carbocycles. The Kier molecular flexibility index (Phi) is 21.7. The van der Waals surface area contributed by atoms with Gasteiger partial charge in [0.05, 0.1) is 22.3 Å². The first-order valence-electron chi connectivity index (χ1n) is 24.3. The third-order valence-electron chi connectivity index (χ3n) is 11.4. The first-order chi connectivity index (χ1) is 38.4. The number of carbonyl (C=O) groups is 4. The lowest BCUT2D eigenvalue weighted by atomic mass is 10.1. The highest BCUT2D eigenvalue weighted by Crippen LogP contribution is 2.41. The smallest absolute Gasteiger partial charge is 0.342 e. The van der Waals surface area contributed by atoms with E-state index in [1.807, 2.05) is 243 Å². The number of thiol groups is 2. The normalized spacial score (nSPS) is 10.6. The average molecular weight is 1140 g/mol. The van der Waals surface area contributed by atoms with Gasteiger partial charge in [0.15, 0.2) is 32.6 Å². The molecule has 8 nitrogen and oxygen atoms in total. The summed E-state index contributed by atoms with van der Waals surface area (Å²) in [6.45, 7) is 0. The van der Waals surface area contributed by atoms with Crippen LogP contribution in [0.4, 0.5) is 0 Å². The topological polar surface area (TPSA) is 105 Å². The lowest BCUT2D eigenvalue weighted by molar-refractivity contribution is 0.0716. The van der Waals surface area contributed by atoms with Crippen LogP contribution in [-0.4, -0.2) is 23.9 Å². The van der Waals surface area contributed by atoms with Crippen molar-refractivity contribution >= 4 is 122 Å². The van der Waals surface area contributed by atoms with Crippen LogP contribution in [0.15, 0.2) is 291 Å². The summed E-state index contributed by atoms with van der Waals surface area (Å²) in [5.74, 6) is -2.28. The van der Waals surface area contributed by atoms with Gasteiger partial charge >= 0.3 is 23.9 Å². The first-order valence-corrected chi connectivity index (χ1v) is 30.9. The maximum absolute atomic E-state index is 13.5. The molecule has 0 aliphatic carbocycles. The maximum Gasteiger partial charge on any atom is 0.342 e. The van der Waals surface area contributed by atoms with Gasteiger partial charge in [0.2, 0.25) is 0 Å². The average Bonchev–Trinajstić information content (AvgIpc) is 3.53. The number of hydrogen-bond donors (Lipinski definition) is 2. The van der Waals surface area contributed by atoms with Crippen LogP contribution in [0.3, 0.4) is 0 Å². The summed E-state index contributed by atoms with van der Waals surface area (Å²) in [7, 11) is -5.73. The molecule has 0 heterocycles. The van der Waals surface area contributed by atoms with Crippen molar-refractivity contribution in [2.45, 2.75) is 0 Å². The quantitative estimate of drug-likeness (QED) is 0.0560. The van der Waals surface area contributed by atoms with Gasteiger partial charge in [-0.3, -0.25) is 0 Å². The predicted octanol–water partition coefficient (Wildman–Crippen LogP) is 13.0. The maximum atomic E-state index is 13.5. The predicted molar refractivity (Wildman–Crippen MR) is 329 cm³/mol. The van der Waals surface area contributed by atoms with E-state index in [-0.39, 0.29) is 22.3 Å². The Morgan fingerprint density at radius 3 is 0.449 bits per heavy atom. The fourth-order valence-electron chi connectivity index (χ4n) is 7.73. The van der Waals surface area contributed by atoms with E-state index in [2.05, 4.69) is 23.3 Å². The molecule has 0 aromatic heterocycles. The highest BCUT2D eigenvalue weighted by Gasteiger charge is 2.29. The lowest BCUT2D eigenvalue weighted by Crippen LogP contribution is -2.20. The molecule has 0 atom stereocenters. The molecule has 0 bridgehead atoms. The van der Waals surface area contributed by atoms with E-state index in [1.54, 1.807) is 48.5 Å².